The summed E-state index contributed by atoms with van der Waals surface area (Å²) in [6, 6.07) is 0. The molecule has 1 aromatic rings. The van der Waals surface area contributed by atoms with Gasteiger partial charge < -0.3 is 5.73 Å². The molecule has 0 unspecified atom stereocenters. The van der Waals surface area contributed by atoms with Crippen molar-refractivity contribution in [2.75, 3.05) is 0 Å². The second kappa shape index (κ2) is 6.03. The van der Waals surface area contributed by atoms with E-state index in [9.17, 15) is 0 Å². The van der Waals surface area contributed by atoms with Crippen LogP contribution < -0.4 is 5.73 Å². The molecule has 16 heavy (non-hydrogen) atoms. The first-order valence-electron chi connectivity index (χ1n) is 6.06. The van der Waals surface area contributed by atoms with Crippen molar-refractivity contribution in [2.45, 2.75) is 56.6 Å². The van der Waals surface area contributed by atoms with Gasteiger partial charge in [0.25, 0.3) is 0 Å². The van der Waals surface area contributed by atoms with Gasteiger partial charge in [0.15, 0.2) is 0 Å². The molecule has 0 saturated heterocycles. The van der Waals surface area contributed by atoms with Crippen molar-refractivity contribution in [3.05, 3.63) is 15.6 Å². The average Bonchev–Trinajstić information content (AvgIpc) is 2.69. The van der Waals surface area contributed by atoms with Crippen LogP contribution in [0.5, 0.6) is 0 Å². The van der Waals surface area contributed by atoms with E-state index in [0.717, 1.165) is 16.7 Å². The van der Waals surface area contributed by atoms with Crippen molar-refractivity contribution >= 4 is 23.1 Å². The quantitative estimate of drug-likeness (QED) is 0.896. The molecule has 0 aliphatic heterocycles. The van der Waals surface area contributed by atoms with Gasteiger partial charge in [0.2, 0.25) is 0 Å². The fourth-order valence-corrected chi connectivity index (χ4v) is 4.45. The number of nitrogens with two attached hydrogens (primary N) is 1. The minimum absolute atomic E-state index is 0.637. The molecule has 90 valence electrons. The summed E-state index contributed by atoms with van der Waals surface area (Å²) in [6.07, 6.45) is 7.08. The molecule has 0 bridgehead atoms. The molecular formula is C12H20N2S2. The highest BCUT2D eigenvalue weighted by Crippen LogP contribution is 2.31. The minimum Gasteiger partial charge on any atom is -0.326 e. The molecular weight excluding hydrogens is 236 g/mol. The molecule has 2 rings (SSSR count). The molecule has 1 fully saturated rings. The highest BCUT2D eigenvalue weighted by Gasteiger charge is 2.15. The topological polar surface area (TPSA) is 38.9 Å². The zero-order valence-corrected chi connectivity index (χ0v) is 11.5. The van der Waals surface area contributed by atoms with Crippen LogP contribution in [0, 0.1) is 6.92 Å². The summed E-state index contributed by atoms with van der Waals surface area (Å²) < 4.78 is 0. The fraction of sp³-hybridized carbons (Fsp3) is 0.750. The van der Waals surface area contributed by atoms with Gasteiger partial charge in [0.1, 0.15) is 5.01 Å². The van der Waals surface area contributed by atoms with Crippen LogP contribution in [0.15, 0.2) is 0 Å². The molecule has 0 radical (unpaired) electrons. The lowest BCUT2D eigenvalue weighted by atomic mass is 10.0. The smallest absolute Gasteiger partial charge is 0.103 e. The normalized spacial score (nSPS) is 17.9. The van der Waals surface area contributed by atoms with Gasteiger partial charge in [-0.15, -0.1) is 11.3 Å². The molecule has 1 saturated carbocycles. The Morgan fingerprint density at radius 2 is 2.12 bits per heavy atom. The third-order valence-electron chi connectivity index (χ3n) is 3.12. The molecule has 2 N–H and O–H groups in total. The minimum atomic E-state index is 0.637. The van der Waals surface area contributed by atoms with Crippen molar-refractivity contribution in [1.82, 2.24) is 4.98 Å². The van der Waals surface area contributed by atoms with Crippen molar-refractivity contribution in [3.8, 4) is 0 Å². The van der Waals surface area contributed by atoms with Gasteiger partial charge in [-0.3, -0.25) is 0 Å². The van der Waals surface area contributed by atoms with E-state index >= 15 is 0 Å². The number of thioether (sulfide) groups is 1. The highest BCUT2D eigenvalue weighted by atomic mass is 32.2. The Morgan fingerprint density at radius 1 is 1.38 bits per heavy atom. The average molecular weight is 256 g/mol. The Kier molecular flexibility index (Phi) is 4.67. The Labute approximate surface area is 106 Å². The lowest BCUT2D eigenvalue weighted by molar-refractivity contribution is 0.516. The summed E-state index contributed by atoms with van der Waals surface area (Å²) in [7, 11) is 0. The number of hydrogen-bond acceptors (Lipinski definition) is 4. The number of nitrogens with zero attached hydrogens (tertiary/aromatic N) is 1. The molecule has 1 aliphatic rings. The molecule has 0 aromatic carbocycles. The third-order valence-corrected chi connectivity index (χ3v) is 5.86. The van der Waals surface area contributed by atoms with Gasteiger partial charge >= 0.3 is 0 Å². The van der Waals surface area contributed by atoms with Crippen molar-refractivity contribution < 1.29 is 0 Å². The van der Waals surface area contributed by atoms with Gasteiger partial charge in [-0.1, -0.05) is 19.3 Å². The first-order chi connectivity index (χ1) is 7.79. The van der Waals surface area contributed by atoms with Gasteiger partial charge in [-0.25, -0.2) is 4.98 Å². The van der Waals surface area contributed by atoms with Crippen LogP contribution in [0.2, 0.25) is 0 Å². The zero-order chi connectivity index (χ0) is 11.4. The van der Waals surface area contributed by atoms with E-state index in [4.69, 9.17) is 5.73 Å². The van der Waals surface area contributed by atoms with E-state index in [1.807, 2.05) is 0 Å². The lowest BCUT2D eigenvalue weighted by Gasteiger charge is -2.20. The van der Waals surface area contributed by atoms with Crippen molar-refractivity contribution in [1.29, 1.82) is 0 Å². The van der Waals surface area contributed by atoms with E-state index in [1.165, 1.54) is 42.0 Å². The Balaban J connectivity index is 1.83. The largest absolute Gasteiger partial charge is 0.326 e. The Hall–Kier alpha value is -0.0600. The summed E-state index contributed by atoms with van der Waals surface area (Å²) in [6.45, 7) is 2.70. The second-order valence-corrected chi connectivity index (χ2v) is 6.85. The van der Waals surface area contributed by atoms with Crippen LogP contribution in [0.25, 0.3) is 0 Å². The van der Waals surface area contributed by atoms with Crippen LogP contribution in [-0.4, -0.2) is 10.2 Å². The predicted molar refractivity (Wildman–Crippen MR) is 72.9 cm³/mol. The van der Waals surface area contributed by atoms with Crippen LogP contribution in [-0.2, 0) is 12.3 Å². The molecule has 0 spiro atoms. The molecule has 1 heterocycles. The maximum Gasteiger partial charge on any atom is 0.103 e. The second-order valence-electron chi connectivity index (χ2n) is 4.39. The molecule has 1 aliphatic carbocycles. The van der Waals surface area contributed by atoms with Crippen molar-refractivity contribution in [3.63, 3.8) is 0 Å². The highest BCUT2D eigenvalue weighted by molar-refractivity contribution is 7.99. The van der Waals surface area contributed by atoms with E-state index in [1.54, 1.807) is 11.3 Å². The van der Waals surface area contributed by atoms with E-state index in [-0.39, 0.29) is 0 Å². The maximum absolute atomic E-state index is 5.67. The van der Waals surface area contributed by atoms with E-state index in [2.05, 4.69) is 23.7 Å². The summed E-state index contributed by atoms with van der Waals surface area (Å²) in [4.78, 5) is 5.83. The summed E-state index contributed by atoms with van der Waals surface area (Å²) in [5.41, 5.74) is 6.80. The SMILES string of the molecule is Cc1nc(CSC2CCCCC2)sc1CN. The zero-order valence-electron chi connectivity index (χ0n) is 9.87. The summed E-state index contributed by atoms with van der Waals surface area (Å²) in [5.74, 6) is 1.08. The molecule has 0 atom stereocenters. The molecule has 2 nitrogen and oxygen atoms in total. The summed E-state index contributed by atoms with van der Waals surface area (Å²) in [5, 5.41) is 2.13. The molecule has 4 heteroatoms. The Morgan fingerprint density at radius 3 is 2.75 bits per heavy atom. The standard InChI is InChI=1S/C12H20N2S2/c1-9-11(7-13)16-12(14-9)8-15-10-5-3-2-4-6-10/h10H,2-8,13H2,1H3. The van der Waals surface area contributed by atoms with Gasteiger partial charge in [0.05, 0.1) is 5.69 Å². The van der Waals surface area contributed by atoms with Gasteiger partial charge in [0, 0.05) is 22.4 Å². The first-order valence-corrected chi connectivity index (χ1v) is 7.93. The number of hydrogen-bond donors (Lipinski definition) is 1. The molecule has 0 amide bonds. The third kappa shape index (κ3) is 3.22. The lowest BCUT2D eigenvalue weighted by Crippen LogP contribution is -2.08. The van der Waals surface area contributed by atoms with E-state index in [0.29, 0.717) is 6.54 Å². The van der Waals surface area contributed by atoms with Crippen LogP contribution in [0.4, 0.5) is 0 Å². The van der Waals surface area contributed by atoms with Crippen LogP contribution in [0.1, 0.15) is 47.7 Å². The predicted octanol–water partition coefficient (Wildman–Crippen LogP) is 3.48. The molecule has 1 aromatic heterocycles. The fourth-order valence-electron chi connectivity index (χ4n) is 2.16. The number of thiazole rings is 1. The van der Waals surface area contributed by atoms with Gasteiger partial charge in [-0.2, -0.15) is 11.8 Å². The van der Waals surface area contributed by atoms with Crippen molar-refractivity contribution in [2.24, 2.45) is 5.73 Å². The van der Waals surface area contributed by atoms with Crippen LogP contribution >= 0.6 is 23.1 Å². The number of aryl methyl sites for hydroxylation is 1. The first kappa shape index (κ1) is 12.4. The summed E-state index contributed by atoms with van der Waals surface area (Å²) >= 11 is 3.88. The Bertz CT molecular complexity index is 330. The monoisotopic (exact) mass is 256 g/mol. The van der Waals surface area contributed by atoms with Gasteiger partial charge in [-0.05, 0) is 19.8 Å². The van der Waals surface area contributed by atoms with Crippen LogP contribution in [0.3, 0.4) is 0 Å². The number of rotatable bonds is 4. The van der Waals surface area contributed by atoms with E-state index < -0.39 is 0 Å². The maximum atomic E-state index is 5.67. The number of aromatic nitrogens is 1.